The summed E-state index contributed by atoms with van der Waals surface area (Å²) in [7, 11) is -3.65. The summed E-state index contributed by atoms with van der Waals surface area (Å²) < 4.78 is 26.4. The molecular formula is C13H12N2O3S. The smallest absolute Gasteiger partial charge is 0.272 e. The van der Waals surface area contributed by atoms with Gasteiger partial charge in [0.1, 0.15) is 0 Å². The molecule has 1 aliphatic heterocycles. The van der Waals surface area contributed by atoms with E-state index in [-0.39, 0.29) is 13.1 Å². The van der Waals surface area contributed by atoms with Crippen LogP contribution in [-0.2, 0) is 21.5 Å². The molecule has 1 aliphatic rings. The second kappa shape index (κ2) is 4.32. The van der Waals surface area contributed by atoms with Crippen molar-refractivity contribution in [2.24, 2.45) is 0 Å². The van der Waals surface area contributed by atoms with Crippen LogP contribution in [0, 0.1) is 0 Å². The Hall–Kier alpha value is -1.92. The van der Waals surface area contributed by atoms with E-state index in [1.54, 1.807) is 0 Å². The molecule has 98 valence electrons. The van der Waals surface area contributed by atoms with Crippen LogP contribution in [0.4, 0.5) is 0 Å². The van der Waals surface area contributed by atoms with Gasteiger partial charge in [0.25, 0.3) is 0 Å². The van der Waals surface area contributed by atoms with Crippen LogP contribution in [0.2, 0.25) is 0 Å². The normalized spacial score (nSPS) is 18.6. The van der Waals surface area contributed by atoms with Gasteiger partial charge in [0.15, 0.2) is 0 Å². The number of rotatable bonds is 2. The lowest BCUT2D eigenvalue weighted by Gasteiger charge is -2.12. The summed E-state index contributed by atoms with van der Waals surface area (Å²) in [5.41, 5.74) is 0.860. The molecule has 1 amide bonds. The van der Waals surface area contributed by atoms with E-state index in [0.29, 0.717) is 0 Å². The van der Waals surface area contributed by atoms with E-state index in [0.717, 1.165) is 20.6 Å². The minimum atomic E-state index is -3.65. The zero-order valence-electron chi connectivity index (χ0n) is 10.0. The van der Waals surface area contributed by atoms with Crippen LogP contribution in [0.15, 0.2) is 42.5 Å². The summed E-state index contributed by atoms with van der Waals surface area (Å²) in [6.45, 7) is 0.0844. The lowest BCUT2D eigenvalue weighted by molar-refractivity contribution is -0.118. The van der Waals surface area contributed by atoms with Gasteiger partial charge in [0.2, 0.25) is 5.91 Å². The molecule has 2 aromatic rings. The fourth-order valence-corrected chi connectivity index (χ4v) is 3.26. The predicted octanol–water partition coefficient (Wildman–Crippen LogP) is 1.02. The van der Waals surface area contributed by atoms with Crippen molar-refractivity contribution in [1.29, 1.82) is 0 Å². The molecule has 0 saturated carbocycles. The molecule has 2 aromatic carbocycles. The second-order valence-corrected chi connectivity index (χ2v) is 6.15. The topological polar surface area (TPSA) is 66.5 Å². The number of nitrogens with zero attached hydrogens (tertiary/aromatic N) is 1. The molecule has 5 nitrogen and oxygen atoms in total. The maximum atomic E-state index is 11.6. The first-order valence-corrected chi connectivity index (χ1v) is 7.27. The second-order valence-electron chi connectivity index (χ2n) is 4.48. The Morgan fingerprint density at radius 3 is 2.53 bits per heavy atom. The van der Waals surface area contributed by atoms with Crippen molar-refractivity contribution >= 4 is 26.9 Å². The maximum absolute atomic E-state index is 11.6. The van der Waals surface area contributed by atoms with Crippen LogP contribution in [0.3, 0.4) is 0 Å². The van der Waals surface area contributed by atoms with Crippen LogP contribution < -0.4 is 4.72 Å². The largest absolute Gasteiger partial charge is 0.304 e. The number of nitrogens with one attached hydrogen (secondary N) is 1. The summed E-state index contributed by atoms with van der Waals surface area (Å²) in [5, 5.41) is 2.15. The van der Waals surface area contributed by atoms with Crippen molar-refractivity contribution in [2.75, 3.05) is 6.54 Å². The molecular weight excluding hydrogens is 264 g/mol. The standard InChI is InChI=1S/C13H12N2O3S/c16-13-9-15(19(17,18)14-13)8-10-5-6-11-3-1-2-4-12(11)7-10/h1-7H,8-9H2,(H,14,16). The van der Waals surface area contributed by atoms with Gasteiger partial charge < -0.3 is 0 Å². The van der Waals surface area contributed by atoms with Crippen molar-refractivity contribution in [1.82, 2.24) is 9.03 Å². The Morgan fingerprint density at radius 1 is 1.11 bits per heavy atom. The van der Waals surface area contributed by atoms with E-state index >= 15 is 0 Å². The number of hydrogen-bond acceptors (Lipinski definition) is 3. The van der Waals surface area contributed by atoms with E-state index in [1.165, 1.54) is 0 Å². The van der Waals surface area contributed by atoms with E-state index in [4.69, 9.17) is 0 Å². The monoisotopic (exact) mass is 276 g/mol. The van der Waals surface area contributed by atoms with Gasteiger partial charge in [-0.15, -0.1) is 0 Å². The minimum absolute atomic E-state index is 0.116. The quantitative estimate of drug-likeness (QED) is 0.890. The van der Waals surface area contributed by atoms with Crippen LogP contribution in [-0.4, -0.2) is 25.2 Å². The molecule has 0 bridgehead atoms. The van der Waals surface area contributed by atoms with Crippen LogP contribution in [0.5, 0.6) is 0 Å². The molecule has 1 fully saturated rings. The first kappa shape index (κ1) is 12.1. The van der Waals surface area contributed by atoms with Gasteiger partial charge in [0.05, 0.1) is 6.54 Å². The van der Waals surface area contributed by atoms with Crippen LogP contribution >= 0.6 is 0 Å². The Labute approximate surface area is 111 Å². The van der Waals surface area contributed by atoms with Gasteiger partial charge in [0, 0.05) is 6.54 Å². The fraction of sp³-hybridized carbons (Fsp3) is 0.154. The van der Waals surface area contributed by atoms with Crippen molar-refractivity contribution in [3.63, 3.8) is 0 Å². The Kier molecular flexibility index (Phi) is 2.76. The molecule has 0 radical (unpaired) electrons. The van der Waals surface area contributed by atoms with Crippen LogP contribution in [0.25, 0.3) is 10.8 Å². The molecule has 1 heterocycles. The summed E-state index contributed by atoms with van der Waals surface area (Å²) >= 11 is 0. The van der Waals surface area contributed by atoms with Gasteiger partial charge >= 0.3 is 10.2 Å². The van der Waals surface area contributed by atoms with E-state index in [9.17, 15) is 13.2 Å². The summed E-state index contributed by atoms with van der Waals surface area (Å²) in [4.78, 5) is 11.1. The first-order chi connectivity index (χ1) is 9.04. The molecule has 3 rings (SSSR count). The molecule has 1 N–H and O–H groups in total. The SMILES string of the molecule is O=C1CN(Cc2ccc3ccccc3c2)S(=O)(=O)N1. The first-order valence-electron chi connectivity index (χ1n) is 5.83. The molecule has 19 heavy (non-hydrogen) atoms. The highest BCUT2D eigenvalue weighted by Crippen LogP contribution is 2.18. The predicted molar refractivity (Wildman–Crippen MR) is 71.4 cm³/mol. The number of fused-ring (bicyclic) bond motifs is 1. The highest BCUT2D eigenvalue weighted by atomic mass is 32.2. The molecule has 6 heteroatoms. The van der Waals surface area contributed by atoms with Crippen molar-refractivity contribution in [2.45, 2.75) is 6.54 Å². The Bertz CT molecular complexity index is 755. The highest BCUT2D eigenvalue weighted by Gasteiger charge is 2.33. The Morgan fingerprint density at radius 2 is 1.84 bits per heavy atom. The third-order valence-corrected chi connectivity index (χ3v) is 4.50. The van der Waals surface area contributed by atoms with Gasteiger partial charge in [-0.2, -0.15) is 12.7 Å². The highest BCUT2D eigenvalue weighted by molar-refractivity contribution is 7.88. The summed E-state index contributed by atoms with van der Waals surface area (Å²) in [6, 6.07) is 13.6. The number of amides is 1. The number of benzene rings is 2. The van der Waals surface area contributed by atoms with Crippen molar-refractivity contribution < 1.29 is 13.2 Å². The van der Waals surface area contributed by atoms with Crippen molar-refractivity contribution in [3.05, 3.63) is 48.0 Å². The van der Waals surface area contributed by atoms with Gasteiger partial charge in [-0.25, -0.2) is 4.72 Å². The molecule has 0 aliphatic carbocycles. The maximum Gasteiger partial charge on any atom is 0.304 e. The average Bonchev–Trinajstić information content (AvgIpc) is 2.62. The van der Waals surface area contributed by atoms with Gasteiger partial charge in [-0.3, -0.25) is 4.79 Å². The summed E-state index contributed by atoms with van der Waals surface area (Å²) in [5.74, 6) is -0.485. The van der Waals surface area contributed by atoms with E-state index in [1.807, 2.05) is 47.2 Å². The Balaban J connectivity index is 1.91. The molecule has 0 atom stereocenters. The van der Waals surface area contributed by atoms with Gasteiger partial charge in [-0.1, -0.05) is 36.4 Å². The lowest BCUT2D eigenvalue weighted by atomic mass is 10.1. The van der Waals surface area contributed by atoms with E-state index < -0.39 is 16.1 Å². The van der Waals surface area contributed by atoms with Crippen LogP contribution in [0.1, 0.15) is 5.56 Å². The number of carbonyl (C=O) groups is 1. The van der Waals surface area contributed by atoms with Crippen molar-refractivity contribution in [3.8, 4) is 0 Å². The van der Waals surface area contributed by atoms with Gasteiger partial charge in [-0.05, 0) is 22.4 Å². The molecule has 0 aromatic heterocycles. The zero-order chi connectivity index (χ0) is 13.5. The number of hydrogen-bond donors (Lipinski definition) is 1. The average molecular weight is 276 g/mol. The minimum Gasteiger partial charge on any atom is -0.272 e. The number of carbonyl (C=O) groups excluding carboxylic acids is 1. The fourth-order valence-electron chi connectivity index (χ4n) is 2.17. The molecule has 0 spiro atoms. The molecule has 1 saturated heterocycles. The van der Waals surface area contributed by atoms with E-state index in [2.05, 4.69) is 0 Å². The zero-order valence-corrected chi connectivity index (χ0v) is 10.9. The third kappa shape index (κ3) is 2.32. The lowest BCUT2D eigenvalue weighted by Crippen LogP contribution is -2.29. The third-order valence-electron chi connectivity index (χ3n) is 3.08. The summed E-state index contributed by atoms with van der Waals surface area (Å²) in [6.07, 6.45) is 0. The molecule has 0 unspecified atom stereocenters.